The lowest BCUT2D eigenvalue weighted by Crippen LogP contribution is -2.17. The highest BCUT2D eigenvalue weighted by Gasteiger charge is 2.11. The van der Waals surface area contributed by atoms with Crippen LogP contribution in [0.15, 0.2) is 36.4 Å². The zero-order chi connectivity index (χ0) is 17.6. The summed E-state index contributed by atoms with van der Waals surface area (Å²) in [5.41, 5.74) is 3.12. The number of methoxy groups -OCH3 is 1. The van der Waals surface area contributed by atoms with Crippen LogP contribution in [0.3, 0.4) is 0 Å². The fourth-order valence-corrected chi connectivity index (χ4v) is 3.01. The molecule has 2 N–H and O–H groups in total. The largest absolute Gasteiger partial charge is 0.493 e. The van der Waals surface area contributed by atoms with Crippen molar-refractivity contribution in [2.45, 2.75) is 19.9 Å². The molecule has 3 aromatic rings. The van der Waals surface area contributed by atoms with Crippen molar-refractivity contribution in [3.63, 3.8) is 0 Å². The number of fused-ring (bicyclic) bond motifs is 1. The van der Waals surface area contributed by atoms with E-state index >= 15 is 0 Å². The second-order valence-electron chi connectivity index (χ2n) is 5.67. The quantitative estimate of drug-likeness (QED) is 0.598. The van der Waals surface area contributed by atoms with Crippen LogP contribution >= 0.6 is 11.6 Å². The van der Waals surface area contributed by atoms with E-state index in [-0.39, 0.29) is 0 Å². The Hall–Kier alpha value is -2.24. The zero-order valence-corrected chi connectivity index (χ0v) is 15.2. The average molecular weight is 360 g/mol. The minimum Gasteiger partial charge on any atom is -0.493 e. The Morgan fingerprint density at radius 1 is 1.24 bits per heavy atom. The van der Waals surface area contributed by atoms with Crippen LogP contribution in [-0.4, -0.2) is 30.2 Å². The number of aromatic amines is 1. The van der Waals surface area contributed by atoms with Crippen LogP contribution in [0.2, 0.25) is 5.02 Å². The van der Waals surface area contributed by atoms with Gasteiger partial charge in [0.05, 0.1) is 29.8 Å². The standard InChI is InChI=1S/C19H22ClN3O2/c1-3-25-19-14(20)10-13(11-17(19)24-2)12-21-9-8-18-22-15-6-4-5-7-16(15)23-18/h4-7,10-11,21H,3,8-9,12H2,1-2H3,(H,22,23). The van der Waals surface area contributed by atoms with E-state index in [0.29, 0.717) is 29.7 Å². The number of hydrogen-bond acceptors (Lipinski definition) is 4. The average Bonchev–Trinajstić information content (AvgIpc) is 3.03. The van der Waals surface area contributed by atoms with Gasteiger partial charge in [-0.2, -0.15) is 0 Å². The highest BCUT2D eigenvalue weighted by atomic mass is 35.5. The summed E-state index contributed by atoms with van der Waals surface area (Å²) in [5, 5.41) is 3.97. The van der Waals surface area contributed by atoms with E-state index in [4.69, 9.17) is 21.1 Å². The Bertz CT molecular complexity index is 815. The van der Waals surface area contributed by atoms with Crippen molar-refractivity contribution in [1.29, 1.82) is 0 Å². The number of nitrogens with zero attached hydrogens (tertiary/aromatic N) is 1. The third-order valence-electron chi connectivity index (χ3n) is 3.88. The molecule has 0 saturated heterocycles. The maximum Gasteiger partial charge on any atom is 0.179 e. The molecule has 5 nitrogen and oxygen atoms in total. The maximum absolute atomic E-state index is 6.30. The number of hydrogen-bond donors (Lipinski definition) is 2. The molecule has 6 heteroatoms. The number of halogens is 1. The zero-order valence-electron chi connectivity index (χ0n) is 14.4. The van der Waals surface area contributed by atoms with Gasteiger partial charge in [-0.1, -0.05) is 23.7 Å². The molecule has 2 aromatic carbocycles. The summed E-state index contributed by atoms with van der Waals surface area (Å²) in [7, 11) is 1.62. The van der Waals surface area contributed by atoms with E-state index in [0.717, 1.165) is 35.4 Å². The van der Waals surface area contributed by atoms with Crippen LogP contribution in [-0.2, 0) is 13.0 Å². The Kier molecular flexibility index (Phi) is 5.79. The summed E-state index contributed by atoms with van der Waals surface area (Å²) >= 11 is 6.30. The van der Waals surface area contributed by atoms with Crippen molar-refractivity contribution in [3.8, 4) is 11.5 Å². The molecule has 3 rings (SSSR count). The molecule has 0 aliphatic carbocycles. The molecule has 1 aromatic heterocycles. The predicted molar refractivity (Wildman–Crippen MR) is 101 cm³/mol. The lowest BCUT2D eigenvalue weighted by atomic mass is 10.2. The van der Waals surface area contributed by atoms with Gasteiger partial charge in [0.25, 0.3) is 0 Å². The van der Waals surface area contributed by atoms with E-state index in [1.165, 1.54) is 0 Å². The van der Waals surface area contributed by atoms with Gasteiger partial charge in [0.2, 0.25) is 0 Å². The van der Waals surface area contributed by atoms with Gasteiger partial charge in [-0.25, -0.2) is 4.98 Å². The predicted octanol–water partition coefficient (Wildman–Crippen LogP) is 3.96. The molecule has 0 bridgehead atoms. The van der Waals surface area contributed by atoms with Crippen LogP contribution in [0.4, 0.5) is 0 Å². The first-order valence-electron chi connectivity index (χ1n) is 8.34. The van der Waals surface area contributed by atoms with Crippen LogP contribution in [0, 0.1) is 0 Å². The van der Waals surface area contributed by atoms with Crippen LogP contribution in [0.5, 0.6) is 11.5 Å². The number of rotatable bonds is 8. The fourth-order valence-electron chi connectivity index (χ4n) is 2.72. The van der Waals surface area contributed by atoms with Crippen molar-refractivity contribution in [3.05, 3.63) is 52.8 Å². The molecule has 0 atom stereocenters. The van der Waals surface area contributed by atoms with Gasteiger partial charge in [-0.05, 0) is 36.8 Å². The van der Waals surface area contributed by atoms with Gasteiger partial charge in [0.15, 0.2) is 11.5 Å². The Balaban J connectivity index is 1.57. The van der Waals surface area contributed by atoms with Gasteiger partial charge >= 0.3 is 0 Å². The summed E-state index contributed by atoms with van der Waals surface area (Å²) in [6.07, 6.45) is 0.830. The van der Waals surface area contributed by atoms with E-state index in [1.807, 2.05) is 43.3 Å². The first kappa shape index (κ1) is 17.6. The minimum absolute atomic E-state index is 0.547. The van der Waals surface area contributed by atoms with Crippen LogP contribution in [0.25, 0.3) is 11.0 Å². The lowest BCUT2D eigenvalue weighted by molar-refractivity contribution is 0.311. The second-order valence-corrected chi connectivity index (χ2v) is 6.08. The van der Waals surface area contributed by atoms with Crippen molar-refractivity contribution in [2.75, 3.05) is 20.3 Å². The number of imidazole rings is 1. The number of para-hydroxylation sites is 2. The van der Waals surface area contributed by atoms with E-state index < -0.39 is 0 Å². The number of H-pyrrole nitrogens is 1. The van der Waals surface area contributed by atoms with E-state index in [9.17, 15) is 0 Å². The Labute approximate surface area is 152 Å². The molecular formula is C19H22ClN3O2. The summed E-state index contributed by atoms with van der Waals surface area (Å²) in [4.78, 5) is 7.91. The topological polar surface area (TPSA) is 59.2 Å². The van der Waals surface area contributed by atoms with Crippen LogP contribution < -0.4 is 14.8 Å². The number of aromatic nitrogens is 2. The molecule has 0 aliphatic heterocycles. The summed E-state index contributed by atoms with van der Waals surface area (Å²) < 4.78 is 10.9. The Morgan fingerprint density at radius 3 is 2.84 bits per heavy atom. The molecule has 0 saturated carbocycles. The molecule has 0 radical (unpaired) electrons. The van der Waals surface area contributed by atoms with Gasteiger partial charge in [0.1, 0.15) is 5.82 Å². The molecule has 25 heavy (non-hydrogen) atoms. The highest BCUT2D eigenvalue weighted by molar-refractivity contribution is 6.32. The fraction of sp³-hybridized carbons (Fsp3) is 0.316. The molecule has 132 valence electrons. The van der Waals surface area contributed by atoms with E-state index in [1.54, 1.807) is 7.11 Å². The maximum atomic E-state index is 6.30. The van der Waals surface area contributed by atoms with Gasteiger partial charge in [-0.3, -0.25) is 0 Å². The summed E-state index contributed by atoms with van der Waals surface area (Å²) in [6, 6.07) is 11.9. The smallest absolute Gasteiger partial charge is 0.179 e. The molecule has 0 amide bonds. The Morgan fingerprint density at radius 2 is 2.08 bits per heavy atom. The van der Waals surface area contributed by atoms with Crippen molar-refractivity contribution in [1.82, 2.24) is 15.3 Å². The molecular weight excluding hydrogens is 338 g/mol. The number of benzene rings is 2. The molecule has 0 unspecified atom stereocenters. The minimum atomic E-state index is 0.547. The molecule has 1 heterocycles. The van der Waals surface area contributed by atoms with Gasteiger partial charge in [-0.15, -0.1) is 0 Å². The normalized spacial score (nSPS) is 11.0. The SMILES string of the molecule is CCOc1c(Cl)cc(CNCCc2nc3ccccc3[nH]2)cc1OC. The number of ether oxygens (including phenoxy) is 2. The van der Waals surface area contributed by atoms with Gasteiger partial charge < -0.3 is 19.8 Å². The third-order valence-corrected chi connectivity index (χ3v) is 4.16. The van der Waals surface area contributed by atoms with Crippen molar-refractivity contribution < 1.29 is 9.47 Å². The van der Waals surface area contributed by atoms with Crippen molar-refractivity contribution in [2.24, 2.45) is 0 Å². The molecule has 0 fully saturated rings. The molecule has 0 aliphatic rings. The third kappa shape index (κ3) is 4.24. The first-order chi connectivity index (χ1) is 12.2. The first-order valence-corrected chi connectivity index (χ1v) is 8.72. The number of nitrogens with one attached hydrogen (secondary N) is 2. The lowest BCUT2D eigenvalue weighted by Gasteiger charge is -2.13. The van der Waals surface area contributed by atoms with E-state index in [2.05, 4.69) is 15.3 Å². The van der Waals surface area contributed by atoms with Crippen molar-refractivity contribution >= 4 is 22.6 Å². The van der Waals surface area contributed by atoms with Gasteiger partial charge in [0, 0.05) is 19.5 Å². The molecule has 0 spiro atoms. The second kappa shape index (κ2) is 8.23. The monoisotopic (exact) mass is 359 g/mol. The van der Waals surface area contributed by atoms with Crippen LogP contribution in [0.1, 0.15) is 18.3 Å². The summed E-state index contributed by atoms with van der Waals surface area (Å²) in [5.74, 6) is 2.23. The highest BCUT2D eigenvalue weighted by Crippen LogP contribution is 2.36. The summed E-state index contributed by atoms with van der Waals surface area (Å²) in [6.45, 7) is 3.98.